The number of methoxy groups -OCH3 is 1. The van der Waals surface area contributed by atoms with E-state index in [0.717, 1.165) is 5.56 Å². The molecule has 0 amide bonds. The van der Waals surface area contributed by atoms with Gasteiger partial charge in [-0.3, -0.25) is 0 Å². The molecular weight excluding hydrogens is 308 g/mol. The Hall–Kier alpha value is -1.57. The average Bonchev–Trinajstić information content (AvgIpc) is 2.90. The minimum absolute atomic E-state index is 0.0939. The molecule has 0 bridgehead atoms. The van der Waals surface area contributed by atoms with Gasteiger partial charge in [0.15, 0.2) is 0 Å². The number of nitrogens with one attached hydrogen (secondary N) is 1. The van der Waals surface area contributed by atoms with Gasteiger partial charge in [-0.25, -0.2) is 13.1 Å². The van der Waals surface area contributed by atoms with E-state index in [0.29, 0.717) is 12.1 Å². The van der Waals surface area contributed by atoms with E-state index >= 15 is 0 Å². The first-order valence-corrected chi connectivity index (χ1v) is 8.82. The highest BCUT2D eigenvalue weighted by atomic mass is 32.2. The fraction of sp³-hybridized carbons (Fsp3) is 0.286. The maximum Gasteiger partial charge on any atom is 0.244 e. The Morgan fingerprint density at radius 3 is 2.76 bits per heavy atom. The van der Waals surface area contributed by atoms with Crippen LogP contribution >= 0.6 is 11.3 Å². The molecule has 5 nitrogen and oxygen atoms in total. The number of sulfonamides is 1. The first kappa shape index (κ1) is 15.8. The molecule has 2 rings (SSSR count). The summed E-state index contributed by atoms with van der Waals surface area (Å²) in [5.74, 6) is 0.241. The predicted octanol–water partition coefficient (Wildman–Crippen LogP) is 2.25. The molecule has 0 radical (unpaired) electrons. The van der Waals surface area contributed by atoms with Gasteiger partial charge in [-0.15, -0.1) is 0 Å². The van der Waals surface area contributed by atoms with Crippen LogP contribution in [0.25, 0.3) is 0 Å². The number of hydrogen-bond acceptors (Lipinski definition) is 5. The smallest absolute Gasteiger partial charge is 0.244 e. The number of benzene rings is 1. The van der Waals surface area contributed by atoms with Crippen molar-refractivity contribution in [3.8, 4) is 5.75 Å². The molecule has 0 fully saturated rings. The van der Waals surface area contributed by atoms with Crippen LogP contribution in [0.5, 0.6) is 5.75 Å². The van der Waals surface area contributed by atoms with Crippen LogP contribution in [0.2, 0.25) is 0 Å². The Morgan fingerprint density at radius 2 is 2.14 bits per heavy atom. The molecule has 0 aliphatic carbocycles. The molecule has 21 heavy (non-hydrogen) atoms. The van der Waals surface area contributed by atoms with Gasteiger partial charge < -0.3 is 10.5 Å². The van der Waals surface area contributed by atoms with Crippen LogP contribution in [-0.2, 0) is 16.4 Å². The number of thiophene rings is 1. The molecule has 3 N–H and O–H groups in total. The molecule has 0 aliphatic heterocycles. The molecular formula is C14H18N2O3S2. The third kappa shape index (κ3) is 3.96. The van der Waals surface area contributed by atoms with Crippen LogP contribution in [0.1, 0.15) is 12.5 Å². The van der Waals surface area contributed by atoms with E-state index in [4.69, 9.17) is 10.5 Å². The second kappa shape index (κ2) is 6.46. The van der Waals surface area contributed by atoms with E-state index in [9.17, 15) is 8.42 Å². The summed E-state index contributed by atoms with van der Waals surface area (Å²) in [5, 5.41) is 3.98. The van der Waals surface area contributed by atoms with E-state index < -0.39 is 10.0 Å². The zero-order chi connectivity index (χ0) is 15.5. The molecule has 7 heteroatoms. The first-order valence-electron chi connectivity index (χ1n) is 6.39. The molecule has 1 heterocycles. The van der Waals surface area contributed by atoms with Gasteiger partial charge >= 0.3 is 0 Å². The van der Waals surface area contributed by atoms with Crippen LogP contribution in [0.3, 0.4) is 0 Å². The highest BCUT2D eigenvalue weighted by Crippen LogP contribution is 2.26. The number of ether oxygens (including phenoxy) is 1. The summed E-state index contributed by atoms with van der Waals surface area (Å²) >= 11 is 1.59. The van der Waals surface area contributed by atoms with Crippen LogP contribution in [-0.4, -0.2) is 21.6 Å². The Labute approximate surface area is 128 Å². The number of hydrogen-bond donors (Lipinski definition) is 2. The SMILES string of the molecule is COc1cc(N)ccc1S(=O)(=O)NC(C)Cc1ccsc1. The van der Waals surface area contributed by atoms with Crippen molar-refractivity contribution in [2.45, 2.75) is 24.3 Å². The number of anilines is 1. The Bertz CT molecular complexity index is 697. The molecule has 0 aliphatic rings. The molecule has 1 atom stereocenters. The van der Waals surface area contributed by atoms with Gasteiger partial charge in [0, 0.05) is 17.8 Å². The Balaban J connectivity index is 2.18. The predicted molar refractivity (Wildman–Crippen MR) is 85.2 cm³/mol. The van der Waals surface area contributed by atoms with Crippen molar-refractivity contribution in [2.24, 2.45) is 0 Å². The van der Waals surface area contributed by atoms with Crippen LogP contribution in [0.4, 0.5) is 5.69 Å². The lowest BCUT2D eigenvalue weighted by atomic mass is 10.1. The third-order valence-electron chi connectivity index (χ3n) is 2.96. The van der Waals surface area contributed by atoms with Gasteiger partial charge in [-0.05, 0) is 47.9 Å². The highest BCUT2D eigenvalue weighted by molar-refractivity contribution is 7.89. The zero-order valence-electron chi connectivity index (χ0n) is 11.9. The summed E-state index contributed by atoms with van der Waals surface area (Å²) in [6.45, 7) is 1.83. The van der Waals surface area contributed by atoms with Crippen molar-refractivity contribution < 1.29 is 13.2 Å². The van der Waals surface area contributed by atoms with Crippen molar-refractivity contribution in [1.29, 1.82) is 0 Å². The normalized spacial score (nSPS) is 13.0. The molecule has 1 aromatic carbocycles. The lowest BCUT2D eigenvalue weighted by Crippen LogP contribution is -2.34. The van der Waals surface area contributed by atoms with Gasteiger partial charge in [-0.1, -0.05) is 0 Å². The molecule has 0 spiro atoms. The van der Waals surface area contributed by atoms with Gasteiger partial charge in [-0.2, -0.15) is 11.3 Å². The Kier molecular flexibility index (Phi) is 4.87. The second-order valence-electron chi connectivity index (χ2n) is 4.77. The molecule has 1 unspecified atom stereocenters. The fourth-order valence-electron chi connectivity index (χ4n) is 2.04. The summed E-state index contributed by atoms with van der Waals surface area (Å²) in [7, 11) is -2.23. The van der Waals surface area contributed by atoms with Crippen molar-refractivity contribution in [3.05, 3.63) is 40.6 Å². The number of nitrogen functional groups attached to an aromatic ring is 1. The molecule has 1 aromatic heterocycles. The van der Waals surface area contributed by atoms with Crippen molar-refractivity contribution in [2.75, 3.05) is 12.8 Å². The summed E-state index contributed by atoms with van der Waals surface area (Å²) in [5.41, 5.74) is 7.21. The van der Waals surface area contributed by atoms with Gasteiger partial charge in [0.05, 0.1) is 7.11 Å². The minimum atomic E-state index is -3.65. The van der Waals surface area contributed by atoms with Crippen LogP contribution in [0, 0.1) is 0 Å². The van der Waals surface area contributed by atoms with E-state index in [2.05, 4.69) is 4.72 Å². The lowest BCUT2D eigenvalue weighted by molar-refractivity contribution is 0.402. The van der Waals surface area contributed by atoms with Crippen LogP contribution in [0.15, 0.2) is 39.9 Å². The van der Waals surface area contributed by atoms with Crippen molar-refractivity contribution >= 4 is 27.0 Å². The zero-order valence-corrected chi connectivity index (χ0v) is 13.5. The second-order valence-corrected chi connectivity index (χ2v) is 7.23. The third-order valence-corrected chi connectivity index (χ3v) is 5.32. The van der Waals surface area contributed by atoms with Crippen LogP contribution < -0.4 is 15.2 Å². The minimum Gasteiger partial charge on any atom is -0.495 e. The van der Waals surface area contributed by atoms with Crippen molar-refractivity contribution in [3.63, 3.8) is 0 Å². The molecule has 2 aromatic rings. The molecule has 0 saturated heterocycles. The largest absolute Gasteiger partial charge is 0.495 e. The molecule has 0 saturated carbocycles. The number of nitrogens with two attached hydrogens (primary N) is 1. The lowest BCUT2D eigenvalue weighted by Gasteiger charge is -2.15. The summed E-state index contributed by atoms with van der Waals surface area (Å²) in [4.78, 5) is 0.0939. The number of rotatable bonds is 6. The van der Waals surface area contributed by atoms with Gasteiger partial charge in [0.2, 0.25) is 10.0 Å². The standard InChI is InChI=1S/C14H18N2O3S2/c1-10(7-11-5-6-20-9-11)16-21(17,18)14-4-3-12(15)8-13(14)19-2/h3-6,8-10,16H,7,15H2,1-2H3. The van der Waals surface area contributed by atoms with E-state index in [1.807, 2.05) is 23.8 Å². The van der Waals surface area contributed by atoms with E-state index in [-0.39, 0.29) is 16.7 Å². The summed E-state index contributed by atoms with van der Waals surface area (Å²) in [6, 6.07) is 6.26. The van der Waals surface area contributed by atoms with Gasteiger partial charge in [0.25, 0.3) is 0 Å². The molecule has 114 valence electrons. The maximum absolute atomic E-state index is 12.4. The average molecular weight is 326 g/mol. The summed E-state index contributed by atoms with van der Waals surface area (Å²) in [6.07, 6.45) is 0.639. The monoisotopic (exact) mass is 326 g/mol. The quantitative estimate of drug-likeness (QED) is 0.798. The first-order chi connectivity index (χ1) is 9.92. The summed E-state index contributed by atoms with van der Waals surface area (Å²) < 4.78 is 32.6. The van der Waals surface area contributed by atoms with Crippen molar-refractivity contribution in [1.82, 2.24) is 4.72 Å². The van der Waals surface area contributed by atoms with Gasteiger partial charge in [0.1, 0.15) is 10.6 Å². The van der Waals surface area contributed by atoms with E-state index in [1.54, 1.807) is 17.4 Å². The fourth-order valence-corrected chi connectivity index (χ4v) is 4.11. The maximum atomic E-state index is 12.4. The van der Waals surface area contributed by atoms with E-state index in [1.165, 1.54) is 19.2 Å². The topological polar surface area (TPSA) is 81.4 Å². The Morgan fingerprint density at radius 1 is 1.38 bits per heavy atom. The highest BCUT2D eigenvalue weighted by Gasteiger charge is 2.22.